The Hall–Kier alpha value is -3.27. The molecule has 4 saturated heterocycles. The van der Waals surface area contributed by atoms with Crippen molar-refractivity contribution >= 4 is 26.2 Å². The number of fused-ring (bicyclic) bond motifs is 3. The van der Waals surface area contributed by atoms with Gasteiger partial charge in [0.1, 0.15) is 42.9 Å². The van der Waals surface area contributed by atoms with Crippen LogP contribution in [0.4, 0.5) is 0 Å². The molecule has 0 aliphatic carbocycles. The summed E-state index contributed by atoms with van der Waals surface area (Å²) in [6, 6.07) is -0.511. The number of cyclic esters (lactones) is 1. The Morgan fingerprint density at radius 1 is 0.912 bits per heavy atom. The Balaban J connectivity index is 1.23. The van der Waals surface area contributed by atoms with Gasteiger partial charge in [0, 0.05) is 45.0 Å². The molecule has 6 rings (SSSR count). The maximum atomic E-state index is 13.9. The largest absolute Gasteiger partial charge is 0.468 e. The van der Waals surface area contributed by atoms with Gasteiger partial charge in [0.2, 0.25) is 0 Å². The molecule has 1 aromatic rings. The summed E-state index contributed by atoms with van der Waals surface area (Å²) in [5.74, 6) is -1.93. The van der Waals surface area contributed by atoms with Crippen molar-refractivity contribution in [2.75, 3.05) is 35.4 Å². The number of aliphatic hydroxyl groups is 2. The van der Waals surface area contributed by atoms with Crippen molar-refractivity contribution in [3.8, 4) is 0 Å². The van der Waals surface area contributed by atoms with Gasteiger partial charge in [0.25, 0.3) is 0 Å². The molecule has 1 unspecified atom stereocenters. The molecule has 6 heterocycles. The fourth-order valence-electron chi connectivity index (χ4n) is 11.4. The Kier molecular flexibility index (Phi) is 23.9. The first-order valence-corrected chi connectivity index (χ1v) is 31.7. The molecule has 0 amide bonds. The van der Waals surface area contributed by atoms with Crippen LogP contribution in [0.1, 0.15) is 126 Å². The number of aryl methyl sites for hydroxylation is 1. The van der Waals surface area contributed by atoms with E-state index in [4.69, 9.17) is 51.8 Å². The molecule has 5 aliphatic rings. The number of carbonyl (C=O) groups excluding carboxylic acids is 3. The van der Waals surface area contributed by atoms with Crippen LogP contribution >= 0.6 is 0 Å². The summed E-state index contributed by atoms with van der Waals surface area (Å²) in [6.07, 6.45) is 1.73. The van der Waals surface area contributed by atoms with E-state index in [9.17, 15) is 24.6 Å². The average molecular weight is 1150 g/mol. The first-order chi connectivity index (χ1) is 37.6. The van der Waals surface area contributed by atoms with Crippen LogP contribution in [0.2, 0.25) is 18.1 Å². The topological polar surface area (TPSA) is 248 Å². The normalized spacial score (nSPS) is 38.8. The third kappa shape index (κ3) is 17.6. The van der Waals surface area contributed by atoms with E-state index < -0.39 is 118 Å². The second kappa shape index (κ2) is 29.0. The third-order valence-corrected chi connectivity index (χ3v) is 21.4. The van der Waals surface area contributed by atoms with Crippen LogP contribution < -0.4 is 5.32 Å². The Bertz CT molecular complexity index is 2190. The van der Waals surface area contributed by atoms with Crippen LogP contribution in [0.25, 0.3) is 0 Å². The van der Waals surface area contributed by atoms with Crippen LogP contribution in [-0.2, 0) is 83.9 Å². The van der Waals surface area contributed by atoms with Gasteiger partial charge in [-0.2, -0.15) is 0 Å². The van der Waals surface area contributed by atoms with Crippen molar-refractivity contribution in [2.24, 2.45) is 11.8 Å². The molecular formula is C57H97N5O17Si. The highest BCUT2D eigenvalue weighted by Gasteiger charge is 2.54. The SMILES string of the molecule is CN[C@H]1CC[C@H](O[C@H]2/C=C/C=C/C[C@@H](C)OC(=O)C[C@H]3OC(O[Si](C)(C)C(C)(C)C)C[C@@H](C[C@H]2C)[C@H](O[C@@H]2O[C@H](C)[C@@H](O[C@H]4C[C@@](C)(O)[C@@H](OC(=O)CCCc5cn(CC(=O)OC)nn5)[C@H](C)O4)[C@H](N(C)C)[C@H]2O)[C@H]3OC)O[C@@H]1C. The molecule has 456 valence electrons. The maximum absolute atomic E-state index is 13.9. The van der Waals surface area contributed by atoms with Crippen molar-refractivity contribution in [1.82, 2.24) is 25.2 Å². The molecular weight excluding hydrogens is 1050 g/mol. The van der Waals surface area contributed by atoms with Crippen molar-refractivity contribution < 1.29 is 81.1 Å². The summed E-state index contributed by atoms with van der Waals surface area (Å²) in [4.78, 5) is 40.6. The number of aromatic nitrogens is 3. The van der Waals surface area contributed by atoms with Crippen molar-refractivity contribution in [3.63, 3.8) is 0 Å². The number of hydrogen-bond donors (Lipinski definition) is 3. The molecule has 20 atom stereocenters. The van der Waals surface area contributed by atoms with E-state index in [1.54, 1.807) is 27.2 Å². The van der Waals surface area contributed by atoms with E-state index in [2.05, 4.69) is 74.2 Å². The fourth-order valence-corrected chi connectivity index (χ4v) is 12.6. The van der Waals surface area contributed by atoms with Crippen molar-refractivity contribution in [1.29, 1.82) is 0 Å². The van der Waals surface area contributed by atoms with Crippen molar-refractivity contribution in [2.45, 2.75) is 261 Å². The number of ether oxygens (including phenoxy) is 11. The summed E-state index contributed by atoms with van der Waals surface area (Å²) in [7, 11) is 5.98. The third-order valence-electron chi connectivity index (χ3n) is 16.9. The molecule has 2 bridgehead atoms. The van der Waals surface area contributed by atoms with Crippen LogP contribution in [0.15, 0.2) is 30.5 Å². The summed E-state index contributed by atoms with van der Waals surface area (Å²) in [5, 5.41) is 35.7. The molecule has 0 aromatic carbocycles. The number of carbonyl (C=O) groups is 3. The van der Waals surface area contributed by atoms with Crippen LogP contribution in [0, 0.1) is 11.8 Å². The van der Waals surface area contributed by atoms with E-state index in [1.165, 1.54) is 11.8 Å². The summed E-state index contributed by atoms with van der Waals surface area (Å²) in [6.45, 7) is 22.0. The first kappa shape index (κ1) is 65.9. The van der Waals surface area contributed by atoms with Gasteiger partial charge in [-0.25, -0.2) is 4.68 Å². The minimum atomic E-state index is -2.50. The lowest BCUT2D eigenvalue weighted by Gasteiger charge is -2.50. The quantitative estimate of drug-likeness (QED) is 0.0932. The zero-order valence-corrected chi connectivity index (χ0v) is 51.4. The number of methoxy groups -OCH3 is 2. The molecule has 23 heteroatoms. The van der Waals surface area contributed by atoms with Gasteiger partial charge in [-0.1, -0.05) is 57.2 Å². The lowest BCUT2D eigenvalue weighted by molar-refractivity contribution is -0.343. The molecule has 0 saturated carbocycles. The highest BCUT2D eigenvalue weighted by atomic mass is 28.4. The number of esters is 3. The smallest absolute Gasteiger partial charge is 0.327 e. The zero-order chi connectivity index (χ0) is 58.9. The van der Waals surface area contributed by atoms with E-state index in [1.807, 2.05) is 58.1 Å². The first-order valence-electron chi connectivity index (χ1n) is 28.8. The number of aliphatic hydroxyl groups excluding tert-OH is 1. The standard InChI is InChI=1S/C57H97N5O17Si/c1-33-27-38-28-47(79-80(15,16)56(6,7)8)75-42(29-44(64)70-34(2)21-18-17-19-23-41(33)74-46-26-25-40(58-10)35(3)71-46)53(69-14)52(38)78-55-50(66)49(61(11)12)51(36(4)73-55)77-48-30-57(9,67)54(37(5)72-48)76-43(63)24-20-22-39-31-62(60-59-39)32-45(65)68-13/h17-19,23,31,33-38,40-42,46-55,58,66-67H,20-22,24-30,32H2,1-16H3/b18-17+,23-19+/t33-,34-,35-,36-,37+,38-,40+,41+,42-,46+,47?,48+,49-,50-,51-,52+,53+,54+,55+,57-/m1/s1. The molecule has 80 heavy (non-hydrogen) atoms. The van der Waals surface area contributed by atoms with Gasteiger partial charge in [0.05, 0.1) is 61.9 Å². The zero-order valence-electron chi connectivity index (χ0n) is 50.4. The van der Waals surface area contributed by atoms with E-state index in [0.29, 0.717) is 37.8 Å². The predicted octanol–water partition coefficient (Wildman–Crippen LogP) is 5.51. The lowest BCUT2D eigenvalue weighted by atomic mass is 9.82. The molecule has 0 spiro atoms. The lowest BCUT2D eigenvalue weighted by Crippen LogP contribution is -2.65. The van der Waals surface area contributed by atoms with Gasteiger partial charge < -0.3 is 77.0 Å². The number of rotatable bonds is 18. The highest BCUT2D eigenvalue weighted by molar-refractivity contribution is 6.74. The van der Waals surface area contributed by atoms with Gasteiger partial charge >= 0.3 is 17.9 Å². The predicted molar refractivity (Wildman–Crippen MR) is 296 cm³/mol. The number of hydrogen-bond acceptors (Lipinski definition) is 21. The number of nitrogens with zero attached hydrogens (tertiary/aromatic N) is 4. The Morgan fingerprint density at radius 2 is 1.64 bits per heavy atom. The molecule has 5 aliphatic heterocycles. The van der Waals surface area contributed by atoms with Gasteiger partial charge in [-0.05, 0) is 118 Å². The van der Waals surface area contributed by atoms with Crippen LogP contribution in [-0.4, -0.2) is 202 Å². The minimum Gasteiger partial charge on any atom is -0.468 e. The monoisotopic (exact) mass is 1150 g/mol. The van der Waals surface area contributed by atoms with Gasteiger partial charge in [-0.15, -0.1) is 5.10 Å². The number of nitrogens with one attached hydrogen (secondary N) is 1. The van der Waals surface area contributed by atoms with E-state index in [-0.39, 0.29) is 60.9 Å². The average Bonchev–Trinajstić information content (AvgIpc) is 3.76. The van der Waals surface area contributed by atoms with E-state index >= 15 is 0 Å². The summed E-state index contributed by atoms with van der Waals surface area (Å²) < 4.78 is 78.7. The van der Waals surface area contributed by atoms with Gasteiger partial charge in [0.15, 0.2) is 33.3 Å². The fraction of sp³-hybridized carbons (Fsp3) is 0.842. The number of allylic oxidation sites excluding steroid dienone is 2. The van der Waals surface area contributed by atoms with Gasteiger partial charge in [-0.3, -0.25) is 14.4 Å². The molecule has 4 fully saturated rings. The molecule has 0 radical (unpaired) electrons. The van der Waals surface area contributed by atoms with E-state index in [0.717, 1.165) is 12.8 Å². The highest BCUT2D eigenvalue weighted by Crippen LogP contribution is 2.44. The Labute approximate surface area is 475 Å². The van der Waals surface area contributed by atoms with Crippen LogP contribution in [0.3, 0.4) is 0 Å². The minimum absolute atomic E-state index is 0.0410. The molecule has 1 aromatic heterocycles. The summed E-state index contributed by atoms with van der Waals surface area (Å²) >= 11 is 0. The molecule has 3 N–H and O–H groups in total. The molecule has 22 nitrogen and oxygen atoms in total. The number of likely N-dealkylation sites (N-methyl/N-ethyl adjacent to an activating group) is 2. The van der Waals surface area contributed by atoms with Crippen LogP contribution in [0.5, 0.6) is 0 Å². The second-order valence-electron chi connectivity index (χ2n) is 24.7. The second-order valence-corrected chi connectivity index (χ2v) is 29.5. The van der Waals surface area contributed by atoms with Crippen molar-refractivity contribution in [3.05, 3.63) is 36.2 Å². The summed E-state index contributed by atoms with van der Waals surface area (Å²) in [5.41, 5.74) is -0.962. The maximum Gasteiger partial charge on any atom is 0.327 e. The Morgan fingerprint density at radius 3 is 2.29 bits per heavy atom.